The number of β-lactam (4-membered cyclic amide) rings is 1. The zero-order chi connectivity index (χ0) is 24.3. The van der Waals surface area contributed by atoms with Gasteiger partial charge in [0, 0.05) is 25.4 Å². The van der Waals surface area contributed by atoms with Crippen molar-refractivity contribution in [3.05, 3.63) is 35.1 Å². The van der Waals surface area contributed by atoms with Gasteiger partial charge in [-0.2, -0.15) is 0 Å². The van der Waals surface area contributed by atoms with Crippen LogP contribution in [0.1, 0.15) is 19.8 Å². The summed E-state index contributed by atoms with van der Waals surface area (Å²) in [5.41, 5.74) is 3.91. The maximum absolute atomic E-state index is 13.1. The van der Waals surface area contributed by atoms with E-state index in [-0.39, 0.29) is 23.6 Å². The Hall–Kier alpha value is -3.32. The van der Waals surface area contributed by atoms with E-state index in [1.165, 1.54) is 14.0 Å². The van der Waals surface area contributed by atoms with Gasteiger partial charge in [-0.05, 0) is 18.4 Å². The highest BCUT2D eigenvalue weighted by atomic mass is 32.2. The summed E-state index contributed by atoms with van der Waals surface area (Å²) in [6, 6.07) is -2.05. The maximum atomic E-state index is 13.1. The molecule has 2 heterocycles. The van der Waals surface area contributed by atoms with Crippen LogP contribution in [0.15, 0.2) is 35.1 Å². The predicted octanol–water partition coefficient (Wildman–Crippen LogP) is -0.424. The normalized spacial score (nSPS) is 24.8. The van der Waals surface area contributed by atoms with Gasteiger partial charge < -0.3 is 30.9 Å². The number of carbonyl (C=O) groups is 5. The number of allylic oxidation sites excluding steroid dienone is 3. The molecular weight excluding hydrogens is 456 g/mol. The zero-order valence-corrected chi connectivity index (χ0v) is 18.8. The van der Waals surface area contributed by atoms with Crippen LogP contribution < -0.4 is 16.4 Å². The molecule has 0 radical (unpaired) electrons. The van der Waals surface area contributed by atoms with Crippen LogP contribution in [-0.2, 0) is 28.7 Å². The van der Waals surface area contributed by atoms with Gasteiger partial charge in [0.25, 0.3) is 11.6 Å². The van der Waals surface area contributed by atoms with Crippen LogP contribution in [0.4, 0.5) is 4.79 Å². The van der Waals surface area contributed by atoms with E-state index in [9.17, 15) is 29.1 Å². The zero-order valence-electron chi connectivity index (χ0n) is 18.0. The Balaban J connectivity index is 1.86. The van der Waals surface area contributed by atoms with Crippen molar-refractivity contribution in [2.45, 2.75) is 36.9 Å². The summed E-state index contributed by atoms with van der Waals surface area (Å²) in [6.07, 6.45) is 6.49. The number of rotatable bonds is 8. The third-order valence-corrected chi connectivity index (χ3v) is 6.72. The molecule has 12 nitrogen and oxygen atoms in total. The highest BCUT2D eigenvalue weighted by Gasteiger charge is 2.67. The second-order valence-corrected chi connectivity index (χ2v) is 8.51. The molecule has 3 rings (SSSR count). The number of nitrogens with one attached hydrogen (secondary N) is 2. The monoisotopic (exact) mass is 480 g/mol. The summed E-state index contributed by atoms with van der Waals surface area (Å²) in [7, 11) is 1.22. The molecule has 2 aliphatic heterocycles. The molecule has 0 aromatic carbocycles. The molecule has 5 N–H and O–H groups in total. The van der Waals surface area contributed by atoms with Gasteiger partial charge in [-0.25, -0.2) is 9.59 Å². The Kier molecular flexibility index (Phi) is 7.12. The fraction of sp³-hybridized carbons (Fsp3) is 0.450. The molecule has 0 bridgehead atoms. The van der Waals surface area contributed by atoms with E-state index >= 15 is 0 Å². The number of thioether (sulfide) groups is 1. The van der Waals surface area contributed by atoms with Gasteiger partial charge in [-0.3, -0.25) is 19.3 Å². The molecule has 0 aromatic rings. The van der Waals surface area contributed by atoms with E-state index in [4.69, 9.17) is 15.2 Å². The molecule has 0 spiro atoms. The number of primary amides is 1. The van der Waals surface area contributed by atoms with Crippen molar-refractivity contribution in [2.75, 3.05) is 19.5 Å². The Morgan fingerprint density at radius 2 is 2.09 bits per heavy atom. The van der Waals surface area contributed by atoms with E-state index in [2.05, 4.69) is 10.6 Å². The Bertz CT molecular complexity index is 991. The highest BCUT2D eigenvalue weighted by Crippen LogP contribution is 2.46. The third kappa shape index (κ3) is 4.59. The van der Waals surface area contributed by atoms with E-state index in [1.807, 2.05) is 12.2 Å². The van der Waals surface area contributed by atoms with Crippen LogP contribution in [0.3, 0.4) is 0 Å². The molecule has 3 atom stereocenters. The van der Waals surface area contributed by atoms with Crippen LogP contribution in [0.2, 0.25) is 0 Å². The highest BCUT2D eigenvalue weighted by molar-refractivity contribution is 8.00. The van der Waals surface area contributed by atoms with Crippen LogP contribution in [0.5, 0.6) is 0 Å². The summed E-state index contributed by atoms with van der Waals surface area (Å²) >= 11 is 1.15. The lowest BCUT2D eigenvalue weighted by Crippen LogP contribution is -2.81. The number of amides is 4. The number of nitrogens with zero attached hydrogens (tertiary/aromatic N) is 1. The maximum Gasteiger partial charge on any atom is 0.352 e. The first-order chi connectivity index (χ1) is 15.6. The lowest BCUT2D eigenvalue weighted by molar-refractivity contribution is -0.192. The minimum atomic E-state index is -1.85. The summed E-state index contributed by atoms with van der Waals surface area (Å²) in [5, 5.41) is 13.7. The van der Waals surface area contributed by atoms with Crippen molar-refractivity contribution in [1.82, 2.24) is 15.5 Å². The molecule has 3 aliphatic rings. The van der Waals surface area contributed by atoms with E-state index in [0.717, 1.165) is 16.7 Å². The summed E-state index contributed by atoms with van der Waals surface area (Å²) < 4.78 is 10.3. The van der Waals surface area contributed by atoms with Crippen LogP contribution >= 0.6 is 11.8 Å². The smallest absolute Gasteiger partial charge is 0.352 e. The second kappa shape index (κ2) is 9.67. The molecule has 2 unspecified atom stereocenters. The number of esters is 1. The SMILES string of the molecule is COC1(NC(=O)C(NC(N)=O)C2=CCC=CC2)C(=O)N2C(C(=O)O)=C(COC(C)=O)CS[C@@H]21. The largest absolute Gasteiger partial charge is 0.477 e. The van der Waals surface area contributed by atoms with Crippen LogP contribution in [-0.4, -0.2) is 76.4 Å². The average molecular weight is 480 g/mol. The number of carboxylic acids is 1. The van der Waals surface area contributed by atoms with Gasteiger partial charge in [0.2, 0.25) is 5.91 Å². The van der Waals surface area contributed by atoms with Gasteiger partial charge in [0.15, 0.2) is 0 Å². The number of hydrogen-bond donors (Lipinski definition) is 4. The topological polar surface area (TPSA) is 177 Å². The van der Waals surface area contributed by atoms with Crippen LogP contribution in [0.25, 0.3) is 0 Å². The fourth-order valence-corrected chi connectivity index (χ4v) is 5.24. The summed E-state index contributed by atoms with van der Waals surface area (Å²) in [5.74, 6) is -3.36. The molecule has 0 aromatic heterocycles. The summed E-state index contributed by atoms with van der Waals surface area (Å²) in [4.78, 5) is 61.8. The molecule has 1 fully saturated rings. The molecule has 33 heavy (non-hydrogen) atoms. The van der Waals surface area contributed by atoms with Crippen LogP contribution in [0, 0.1) is 0 Å². The molecule has 1 saturated heterocycles. The van der Waals surface area contributed by atoms with Crippen molar-refractivity contribution < 1.29 is 38.6 Å². The number of carboxylic acid groups (broad SMARTS) is 1. The standard InChI is InChI=1S/C20H24N4O8S/c1-10(25)32-8-12-9-33-18-20(31-2,17(29)24(18)14(12)16(27)28)23-15(26)13(22-19(21)30)11-6-4-3-5-7-11/h3-4,7,13,18H,5-6,8-9H2,1-2H3,(H,23,26)(H,27,28)(H3,21,22,30)/t13?,18-,20?/m1/s1. The number of fused-ring (bicyclic) bond motifs is 1. The first kappa shape index (κ1) is 24.3. The van der Waals surface area contributed by atoms with Crippen molar-refractivity contribution in [3.8, 4) is 0 Å². The van der Waals surface area contributed by atoms with Gasteiger partial charge in [0.05, 0.1) is 0 Å². The molecule has 0 saturated carbocycles. The molecule has 1 aliphatic carbocycles. The molecule has 178 valence electrons. The number of urea groups is 1. The first-order valence-electron chi connectivity index (χ1n) is 9.93. The van der Waals surface area contributed by atoms with Crippen molar-refractivity contribution in [2.24, 2.45) is 5.73 Å². The number of hydrogen-bond acceptors (Lipinski definition) is 8. The van der Waals surface area contributed by atoms with Gasteiger partial charge in [0.1, 0.15) is 23.7 Å². The quantitative estimate of drug-likeness (QED) is 0.155. The van der Waals surface area contributed by atoms with E-state index in [1.54, 1.807) is 6.08 Å². The molecule has 13 heteroatoms. The predicted molar refractivity (Wildman–Crippen MR) is 115 cm³/mol. The number of methoxy groups -OCH3 is 1. The van der Waals surface area contributed by atoms with E-state index in [0.29, 0.717) is 18.4 Å². The third-order valence-electron chi connectivity index (χ3n) is 5.35. The van der Waals surface area contributed by atoms with Gasteiger partial charge in [-0.15, -0.1) is 11.8 Å². The minimum Gasteiger partial charge on any atom is -0.477 e. The fourth-order valence-electron chi connectivity index (χ4n) is 3.82. The summed E-state index contributed by atoms with van der Waals surface area (Å²) in [6.45, 7) is 0.910. The van der Waals surface area contributed by atoms with Crippen molar-refractivity contribution in [1.29, 1.82) is 0 Å². The van der Waals surface area contributed by atoms with Gasteiger partial charge in [-0.1, -0.05) is 18.2 Å². The number of ether oxygens (including phenoxy) is 2. The van der Waals surface area contributed by atoms with Gasteiger partial charge >= 0.3 is 18.0 Å². The number of carbonyl (C=O) groups excluding carboxylic acids is 4. The second-order valence-electron chi connectivity index (χ2n) is 7.44. The average Bonchev–Trinajstić information content (AvgIpc) is 2.78. The Morgan fingerprint density at radius 3 is 2.64 bits per heavy atom. The molecular formula is C20H24N4O8S. The lowest BCUT2D eigenvalue weighted by Gasteiger charge is -2.56. The lowest BCUT2D eigenvalue weighted by atomic mass is 9.94. The van der Waals surface area contributed by atoms with Crippen molar-refractivity contribution in [3.63, 3.8) is 0 Å². The number of aliphatic carboxylic acids is 1. The van der Waals surface area contributed by atoms with E-state index < -0.39 is 46.9 Å². The first-order valence-corrected chi connectivity index (χ1v) is 11.0. The molecule has 4 amide bonds. The van der Waals surface area contributed by atoms with Crippen molar-refractivity contribution >= 4 is 41.5 Å². The minimum absolute atomic E-state index is 0.128. The number of nitrogens with two attached hydrogens (primary N) is 1. The Morgan fingerprint density at radius 1 is 1.36 bits per heavy atom. The Labute approximate surface area is 193 Å².